The first-order valence-electron chi connectivity index (χ1n) is 5.23. The second kappa shape index (κ2) is 5.86. The van der Waals surface area contributed by atoms with Gasteiger partial charge in [0.05, 0.1) is 0 Å². The molecule has 0 saturated carbocycles. The lowest BCUT2D eigenvalue weighted by atomic mass is 10.1. The first-order valence-corrected chi connectivity index (χ1v) is 6.40. The van der Waals surface area contributed by atoms with Gasteiger partial charge in [-0.1, -0.05) is 51.7 Å². The highest BCUT2D eigenvalue weighted by molar-refractivity contribution is 9.10. The Morgan fingerprint density at radius 2 is 1.89 bits per heavy atom. The van der Waals surface area contributed by atoms with Crippen molar-refractivity contribution in [3.8, 4) is 11.8 Å². The third-order valence-electron chi connectivity index (χ3n) is 2.26. The molecule has 0 aliphatic carbocycles. The van der Waals surface area contributed by atoms with E-state index in [0.717, 1.165) is 10.0 Å². The summed E-state index contributed by atoms with van der Waals surface area (Å²) in [7, 11) is 0. The summed E-state index contributed by atoms with van der Waals surface area (Å²) < 4.78 is 0.746. The fraction of sp³-hybridized carbons (Fsp3) is 0. The Bertz CT molecular complexity index is 653. The molecule has 0 aliphatic rings. The number of carbonyl (C=O) groups excluding carboxylic acids is 1. The Morgan fingerprint density at radius 1 is 1.11 bits per heavy atom. The van der Waals surface area contributed by atoms with Gasteiger partial charge in [0.25, 0.3) is 0 Å². The maximum absolute atomic E-state index is 11.9. The molecular formula is C15H8BrClO. The van der Waals surface area contributed by atoms with Crippen LogP contribution in [0.5, 0.6) is 0 Å². The molecule has 1 nitrogen and oxygen atoms in total. The summed E-state index contributed by atoms with van der Waals surface area (Å²) in [6, 6.07) is 14.3. The van der Waals surface area contributed by atoms with E-state index in [-0.39, 0.29) is 5.78 Å². The van der Waals surface area contributed by atoms with Gasteiger partial charge in [-0.3, -0.25) is 4.79 Å². The van der Waals surface area contributed by atoms with Crippen LogP contribution in [-0.4, -0.2) is 5.78 Å². The second-order valence-electron chi connectivity index (χ2n) is 3.57. The minimum Gasteiger partial charge on any atom is -0.279 e. The number of carbonyl (C=O) groups is 1. The summed E-state index contributed by atoms with van der Waals surface area (Å²) in [5.41, 5.74) is 1.29. The van der Waals surface area contributed by atoms with E-state index >= 15 is 0 Å². The molecule has 2 aromatic carbocycles. The molecule has 0 spiro atoms. The molecule has 2 rings (SSSR count). The third kappa shape index (κ3) is 3.22. The van der Waals surface area contributed by atoms with Crippen molar-refractivity contribution >= 4 is 33.3 Å². The predicted octanol–water partition coefficient (Wildman–Crippen LogP) is 4.34. The van der Waals surface area contributed by atoms with E-state index in [4.69, 9.17) is 11.6 Å². The van der Waals surface area contributed by atoms with E-state index in [1.54, 1.807) is 30.3 Å². The maximum Gasteiger partial charge on any atom is 0.237 e. The van der Waals surface area contributed by atoms with Crippen molar-refractivity contribution in [3.63, 3.8) is 0 Å². The highest BCUT2D eigenvalue weighted by Gasteiger charge is 2.05. The lowest BCUT2D eigenvalue weighted by Gasteiger charge is -1.96. The lowest BCUT2D eigenvalue weighted by Crippen LogP contribution is -1.95. The average Bonchev–Trinajstić information content (AvgIpc) is 2.37. The summed E-state index contributed by atoms with van der Waals surface area (Å²) >= 11 is 9.17. The van der Waals surface area contributed by atoms with Gasteiger partial charge in [-0.25, -0.2) is 0 Å². The molecule has 18 heavy (non-hydrogen) atoms. The molecule has 0 radical (unpaired) electrons. The highest BCUT2D eigenvalue weighted by atomic mass is 79.9. The molecule has 0 unspecified atom stereocenters. The quantitative estimate of drug-likeness (QED) is 0.564. The Kier molecular flexibility index (Phi) is 4.19. The molecule has 88 valence electrons. The first kappa shape index (κ1) is 12.9. The van der Waals surface area contributed by atoms with Crippen molar-refractivity contribution in [1.29, 1.82) is 0 Å². The Morgan fingerprint density at radius 3 is 2.61 bits per heavy atom. The van der Waals surface area contributed by atoms with Crippen LogP contribution in [0, 0.1) is 11.8 Å². The lowest BCUT2D eigenvalue weighted by molar-refractivity contribution is 0.105. The first-order chi connectivity index (χ1) is 8.66. The topological polar surface area (TPSA) is 17.1 Å². The van der Waals surface area contributed by atoms with Gasteiger partial charge in [0.2, 0.25) is 5.78 Å². The largest absolute Gasteiger partial charge is 0.279 e. The van der Waals surface area contributed by atoms with Crippen molar-refractivity contribution in [2.75, 3.05) is 0 Å². The fourth-order valence-corrected chi connectivity index (χ4v) is 2.06. The van der Waals surface area contributed by atoms with E-state index in [2.05, 4.69) is 27.8 Å². The van der Waals surface area contributed by atoms with Crippen LogP contribution in [0.25, 0.3) is 0 Å². The summed E-state index contributed by atoms with van der Waals surface area (Å²) in [5, 5.41) is 0.607. The minimum absolute atomic E-state index is 0.220. The van der Waals surface area contributed by atoms with Crippen LogP contribution in [0.2, 0.25) is 5.02 Å². The number of Topliss-reactive ketones (excluding diaryl/α,β-unsaturated/α-hetero) is 1. The molecule has 0 amide bonds. The summed E-state index contributed by atoms with van der Waals surface area (Å²) in [6.07, 6.45) is 0. The minimum atomic E-state index is -0.220. The van der Waals surface area contributed by atoms with Gasteiger partial charge < -0.3 is 0 Å². The van der Waals surface area contributed by atoms with E-state index in [9.17, 15) is 4.79 Å². The SMILES string of the molecule is O=C(C#Cc1cccc(Cl)c1)c1ccccc1Br. The standard InChI is InChI=1S/C15H8BrClO/c16-14-7-2-1-6-13(14)15(18)9-8-11-4-3-5-12(17)10-11/h1-7,10H. The van der Waals surface area contributed by atoms with Gasteiger partial charge in [-0.15, -0.1) is 0 Å². The van der Waals surface area contributed by atoms with Gasteiger partial charge in [0, 0.05) is 20.6 Å². The van der Waals surface area contributed by atoms with Crippen molar-refractivity contribution in [2.24, 2.45) is 0 Å². The molecular weight excluding hydrogens is 312 g/mol. The highest BCUT2D eigenvalue weighted by Crippen LogP contribution is 2.16. The Labute approximate surface area is 119 Å². The van der Waals surface area contributed by atoms with E-state index in [0.29, 0.717) is 10.6 Å². The summed E-state index contributed by atoms with van der Waals surface area (Å²) in [6.45, 7) is 0. The van der Waals surface area contributed by atoms with Crippen molar-refractivity contribution in [2.45, 2.75) is 0 Å². The van der Waals surface area contributed by atoms with Gasteiger partial charge in [0.1, 0.15) is 0 Å². The number of ketones is 1. The van der Waals surface area contributed by atoms with Crippen molar-refractivity contribution < 1.29 is 4.79 Å². The smallest absolute Gasteiger partial charge is 0.237 e. The molecule has 0 saturated heterocycles. The average molecular weight is 320 g/mol. The fourth-order valence-electron chi connectivity index (χ4n) is 1.41. The molecule has 0 atom stereocenters. The van der Waals surface area contributed by atoms with E-state index in [1.165, 1.54) is 0 Å². The van der Waals surface area contributed by atoms with Gasteiger partial charge in [0.15, 0.2) is 0 Å². The number of halogens is 2. The number of hydrogen-bond donors (Lipinski definition) is 0. The maximum atomic E-state index is 11.9. The van der Waals surface area contributed by atoms with Crippen LogP contribution < -0.4 is 0 Å². The molecule has 0 bridgehead atoms. The van der Waals surface area contributed by atoms with E-state index in [1.807, 2.05) is 18.2 Å². The van der Waals surface area contributed by atoms with Crippen LogP contribution in [0.4, 0.5) is 0 Å². The molecule has 2 aromatic rings. The molecule has 0 N–H and O–H groups in total. The van der Waals surface area contributed by atoms with Crippen molar-refractivity contribution in [3.05, 3.63) is 69.2 Å². The third-order valence-corrected chi connectivity index (χ3v) is 3.19. The van der Waals surface area contributed by atoms with Gasteiger partial charge >= 0.3 is 0 Å². The van der Waals surface area contributed by atoms with Crippen LogP contribution in [0.1, 0.15) is 15.9 Å². The second-order valence-corrected chi connectivity index (χ2v) is 4.86. The molecule has 0 fully saturated rings. The van der Waals surface area contributed by atoms with Crippen molar-refractivity contribution in [1.82, 2.24) is 0 Å². The number of hydrogen-bond acceptors (Lipinski definition) is 1. The summed E-state index contributed by atoms with van der Waals surface area (Å²) in [5.74, 6) is 5.19. The molecule has 0 heterocycles. The Balaban J connectivity index is 2.26. The monoisotopic (exact) mass is 318 g/mol. The zero-order chi connectivity index (χ0) is 13.0. The normalized spacial score (nSPS) is 9.44. The van der Waals surface area contributed by atoms with Crippen LogP contribution in [-0.2, 0) is 0 Å². The number of benzene rings is 2. The predicted molar refractivity (Wildman–Crippen MR) is 76.8 cm³/mol. The van der Waals surface area contributed by atoms with Crippen LogP contribution in [0.15, 0.2) is 53.0 Å². The molecule has 0 aromatic heterocycles. The zero-order valence-corrected chi connectivity index (χ0v) is 11.6. The van der Waals surface area contributed by atoms with Crippen LogP contribution >= 0.6 is 27.5 Å². The Hall–Kier alpha value is -1.56. The van der Waals surface area contributed by atoms with Crippen LogP contribution in [0.3, 0.4) is 0 Å². The molecule has 3 heteroatoms. The number of rotatable bonds is 1. The summed E-state index contributed by atoms with van der Waals surface area (Å²) in [4.78, 5) is 11.9. The van der Waals surface area contributed by atoms with Gasteiger partial charge in [-0.05, 0) is 36.3 Å². The van der Waals surface area contributed by atoms with E-state index < -0.39 is 0 Å². The van der Waals surface area contributed by atoms with Gasteiger partial charge in [-0.2, -0.15) is 0 Å². The molecule has 0 aliphatic heterocycles. The zero-order valence-electron chi connectivity index (χ0n) is 9.28.